The lowest BCUT2D eigenvalue weighted by atomic mass is 9.94. The highest BCUT2D eigenvalue weighted by Crippen LogP contribution is 2.36. The molecule has 0 amide bonds. The molecular formula is C16H18O4. The first-order chi connectivity index (χ1) is 9.52. The minimum absolute atomic E-state index is 0.395. The van der Waals surface area contributed by atoms with Crippen molar-refractivity contribution < 1.29 is 19.1 Å². The minimum Gasteiger partial charge on any atom is -0.419 e. The average molecular weight is 274 g/mol. The fourth-order valence-electron chi connectivity index (χ4n) is 3.03. The molecule has 2 heterocycles. The second kappa shape index (κ2) is 4.62. The Morgan fingerprint density at radius 3 is 1.75 bits per heavy atom. The zero-order valence-electron chi connectivity index (χ0n) is 11.8. The molecule has 0 N–H and O–H groups in total. The van der Waals surface area contributed by atoms with E-state index in [1.54, 1.807) is 12.1 Å². The van der Waals surface area contributed by atoms with Crippen LogP contribution in [-0.4, -0.2) is 17.7 Å². The van der Waals surface area contributed by atoms with Gasteiger partial charge in [-0.05, 0) is 49.9 Å². The van der Waals surface area contributed by atoms with Crippen LogP contribution in [0.3, 0.4) is 0 Å². The van der Waals surface area contributed by atoms with Crippen molar-refractivity contribution in [1.29, 1.82) is 0 Å². The maximum atomic E-state index is 12.4. The summed E-state index contributed by atoms with van der Waals surface area (Å²) in [7, 11) is 0. The van der Waals surface area contributed by atoms with Crippen LogP contribution in [0, 0.1) is 13.8 Å². The molecule has 1 aliphatic carbocycles. The van der Waals surface area contributed by atoms with E-state index in [0.29, 0.717) is 24.0 Å². The van der Waals surface area contributed by atoms with Gasteiger partial charge in [-0.2, -0.15) is 0 Å². The molecule has 0 unspecified atom stereocenters. The lowest BCUT2D eigenvalue weighted by Crippen LogP contribution is -2.41. The minimum atomic E-state index is -1.07. The third-order valence-electron chi connectivity index (χ3n) is 4.40. The number of esters is 2. The topological polar surface area (TPSA) is 52.6 Å². The van der Waals surface area contributed by atoms with Crippen LogP contribution in [-0.2, 0) is 9.47 Å². The maximum Gasteiger partial charge on any atom is 0.341 e. The molecular weight excluding hydrogens is 256 g/mol. The molecule has 0 radical (unpaired) electrons. The fourth-order valence-corrected chi connectivity index (χ4v) is 3.03. The number of hydrogen-bond acceptors (Lipinski definition) is 4. The molecule has 4 heteroatoms. The van der Waals surface area contributed by atoms with E-state index in [0.717, 1.165) is 30.4 Å². The zero-order valence-corrected chi connectivity index (χ0v) is 11.8. The highest BCUT2D eigenvalue weighted by molar-refractivity contribution is 5.97. The molecule has 0 aromatic heterocycles. The molecule has 0 saturated heterocycles. The van der Waals surface area contributed by atoms with E-state index in [4.69, 9.17) is 9.47 Å². The Kier molecular flexibility index (Phi) is 3.04. The zero-order chi connectivity index (χ0) is 14.3. The van der Waals surface area contributed by atoms with Crippen LogP contribution in [0.15, 0.2) is 12.1 Å². The van der Waals surface area contributed by atoms with Gasteiger partial charge in [0.05, 0.1) is 11.1 Å². The van der Waals surface area contributed by atoms with E-state index in [1.165, 1.54) is 0 Å². The van der Waals surface area contributed by atoms with E-state index in [9.17, 15) is 9.59 Å². The SMILES string of the molecule is Cc1c2ccc(c1C)C(=O)OC1(CCCCC1)OC2=O. The number of ether oxygens (including phenoxy) is 2. The van der Waals surface area contributed by atoms with Crippen LogP contribution in [0.5, 0.6) is 0 Å². The number of carbonyl (C=O) groups excluding carboxylic acids is 2. The highest BCUT2D eigenvalue weighted by atomic mass is 16.7. The van der Waals surface area contributed by atoms with Crippen molar-refractivity contribution in [3.05, 3.63) is 34.4 Å². The Hall–Kier alpha value is -1.84. The first-order valence-electron chi connectivity index (χ1n) is 7.09. The molecule has 1 aromatic carbocycles. The first-order valence-corrected chi connectivity index (χ1v) is 7.09. The van der Waals surface area contributed by atoms with Gasteiger partial charge in [0.25, 0.3) is 5.79 Å². The lowest BCUT2D eigenvalue weighted by Gasteiger charge is -2.35. The standard InChI is InChI=1S/C16H18O4/c1-10-11(2)13-7-6-12(10)14(17)19-16(20-15(13)18)8-4-3-5-9-16/h6-7H,3-5,8-9H2,1-2H3. The molecule has 1 spiro atoms. The Morgan fingerprint density at radius 2 is 1.30 bits per heavy atom. The van der Waals surface area contributed by atoms with E-state index < -0.39 is 17.7 Å². The van der Waals surface area contributed by atoms with Crippen LogP contribution < -0.4 is 0 Å². The molecule has 20 heavy (non-hydrogen) atoms. The fraction of sp³-hybridized carbons (Fsp3) is 0.500. The van der Waals surface area contributed by atoms with Gasteiger partial charge in [0.1, 0.15) is 0 Å². The van der Waals surface area contributed by atoms with Crippen molar-refractivity contribution in [2.45, 2.75) is 51.7 Å². The van der Waals surface area contributed by atoms with Crippen molar-refractivity contribution in [2.24, 2.45) is 0 Å². The molecule has 4 rings (SSSR count). The Balaban J connectivity index is 2.09. The van der Waals surface area contributed by atoms with Crippen LogP contribution in [0.4, 0.5) is 0 Å². The summed E-state index contributed by atoms with van der Waals surface area (Å²) < 4.78 is 11.2. The molecule has 106 valence electrons. The maximum absolute atomic E-state index is 12.4. The quantitative estimate of drug-likeness (QED) is 0.681. The van der Waals surface area contributed by atoms with Crippen LogP contribution in [0.2, 0.25) is 0 Å². The van der Waals surface area contributed by atoms with Crippen molar-refractivity contribution in [3.63, 3.8) is 0 Å². The third kappa shape index (κ3) is 1.99. The Morgan fingerprint density at radius 1 is 0.850 bits per heavy atom. The Labute approximate surface area is 118 Å². The van der Waals surface area contributed by atoms with Crippen LogP contribution in [0.25, 0.3) is 0 Å². The molecule has 1 aromatic rings. The molecule has 3 aliphatic rings. The van der Waals surface area contributed by atoms with Gasteiger partial charge in [-0.15, -0.1) is 0 Å². The second-order valence-corrected chi connectivity index (χ2v) is 5.66. The van der Waals surface area contributed by atoms with Gasteiger partial charge in [-0.25, -0.2) is 9.59 Å². The van der Waals surface area contributed by atoms with Crippen molar-refractivity contribution in [3.8, 4) is 0 Å². The van der Waals surface area contributed by atoms with Crippen molar-refractivity contribution in [2.75, 3.05) is 0 Å². The van der Waals surface area contributed by atoms with Gasteiger partial charge in [-0.3, -0.25) is 0 Å². The predicted molar refractivity (Wildman–Crippen MR) is 72.6 cm³/mol. The second-order valence-electron chi connectivity index (χ2n) is 5.66. The Bertz CT molecular complexity index is 537. The summed E-state index contributed by atoms with van der Waals surface area (Å²) in [5.41, 5.74) is 2.62. The highest BCUT2D eigenvalue weighted by Gasteiger charge is 2.42. The normalized spacial score (nSPS) is 20.9. The van der Waals surface area contributed by atoms with Gasteiger partial charge in [0, 0.05) is 12.8 Å². The summed E-state index contributed by atoms with van der Waals surface area (Å²) in [6.45, 7) is 3.67. The van der Waals surface area contributed by atoms with Gasteiger partial charge in [0.2, 0.25) is 0 Å². The smallest absolute Gasteiger partial charge is 0.341 e. The van der Waals surface area contributed by atoms with Gasteiger partial charge >= 0.3 is 11.9 Å². The van der Waals surface area contributed by atoms with E-state index in [2.05, 4.69) is 0 Å². The van der Waals surface area contributed by atoms with Gasteiger partial charge < -0.3 is 9.47 Å². The summed E-state index contributed by atoms with van der Waals surface area (Å²) in [5, 5.41) is 0. The van der Waals surface area contributed by atoms with Crippen molar-refractivity contribution in [1.82, 2.24) is 0 Å². The van der Waals surface area contributed by atoms with E-state index >= 15 is 0 Å². The number of fused-ring (bicyclic) bond motifs is 4. The van der Waals surface area contributed by atoms with E-state index in [-0.39, 0.29) is 0 Å². The van der Waals surface area contributed by atoms with Gasteiger partial charge in [0.15, 0.2) is 0 Å². The number of hydrogen-bond donors (Lipinski definition) is 0. The molecule has 2 bridgehead atoms. The number of rotatable bonds is 0. The summed E-state index contributed by atoms with van der Waals surface area (Å²) in [4.78, 5) is 24.7. The molecule has 2 aliphatic heterocycles. The predicted octanol–water partition coefficient (Wildman–Crippen LogP) is 3.29. The molecule has 0 atom stereocenters. The molecule has 1 fully saturated rings. The van der Waals surface area contributed by atoms with Gasteiger partial charge in [-0.1, -0.05) is 6.42 Å². The average Bonchev–Trinajstić information content (AvgIpc) is 2.47. The lowest BCUT2D eigenvalue weighted by molar-refractivity contribution is -0.185. The molecule has 4 nitrogen and oxygen atoms in total. The number of carbonyl (C=O) groups is 2. The monoisotopic (exact) mass is 274 g/mol. The van der Waals surface area contributed by atoms with Crippen LogP contribution in [0.1, 0.15) is 63.9 Å². The first kappa shape index (κ1) is 13.2. The summed E-state index contributed by atoms with van der Waals surface area (Å²) >= 11 is 0. The summed E-state index contributed by atoms with van der Waals surface area (Å²) in [6.07, 6.45) is 4.07. The van der Waals surface area contributed by atoms with Crippen molar-refractivity contribution >= 4 is 11.9 Å². The van der Waals surface area contributed by atoms with Crippen LogP contribution >= 0.6 is 0 Å². The largest absolute Gasteiger partial charge is 0.419 e. The third-order valence-corrected chi connectivity index (χ3v) is 4.40. The number of benzene rings is 1. The summed E-state index contributed by atoms with van der Waals surface area (Å²) in [6, 6.07) is 3.31. The van der Waals surface area contributed by atoms with E-state index in [1.807, 2.05) is 13.8 Å². The molecule has 1 saturated carbocycles. The summed E-state index contributed by atoms with van der Waals surface area (Å²) in [5.74, 6) is -1.86.